The van der Waals surface area contributed by atoms with Crippen LogP contribution >= 0.6 is 11.8 Å². The van der Waals surface area contributed by atoms with Gasteiger partial charge in [-0.25, -0.2) is 4.79 Å². The maximum Gasteiger partial charge on any atom is 0.356 e. The maximum absolute atomic E-state index is 14.1. The first-order chi connectivity index (χ1) is 25.4. The SMILES string of the molecule is CC1=C(C(=O)OC(c2ccccc2)c2ccccc2)N2C(=O)C(NC(=O)C(C(=O)OC(c3ccccc3)c3ccccc3)c3ccccc3)[C@H]2SC1. The highest BCUT2D eigenvalue weighted by Crippen LogP contribution is 2.42. The Balaban J connectivity index is 1.11. The van der Waals surface area contributed by atoms with Gasteiger partial charge in [0.15, 0.2) is 18.1 Å². The number of nitrogens with one attached hydrogen (secondary N) is 1. The zero-order valence-electron chi connectivity index (χ0n) is 28.3. The van der Waals surface area contributed by atoms with Crippen LogP contribution in [-0.2, 0) is 28.7 Å². The van der Waals surface area contributed by atoms with E-state index in [0.717, 1.165) is 22.3 Å². The summed E-state index contributed by atoms with van der Waals surface area (Å²) in [6, 6.07) is 45.2. The number of esters is 2. The van der Waals surface area contributed by atoms with E-state index in [1.807, 2.05) is 121 Å². The molecule has 0 saturated carbocycles. The fourth-order valence-corrected chi connectivity index (χ4v) is 7.85. The van der Waals surface area contributed by atoms with Gasteiger partial charge in [0.05, 0.1) is 0 Å². The number of carbonyl (C=O) groups is 4. The Labute approximate surface area is 306 Å². The monoisotopic (exact) mass is 708 g/mol. The van der Waals surface area contributed by atoms with Gasteiger partial charge >= 0.3 is 11.9 Å². The van der Waals surface area contributed by atoms with Crippen molar-refractivity contribution in [1.29, 1.82) is 0 Å². The minimum Gasteiger partial charge on any atom is -0.452 e. The molecule has 0 aliphatic carbocycles. The zero-order valence-corrected chi connectivity index (χ0v) is 29.1. The van der Waals surface area contributed by atoms with E-state index in [4.69, 9.17) is 9.47 Å². The third-order valence-electron chi connectivity index (χ3n) is 9.15. The minimum atomic E-state index is -1.36. The van der Waals surface area contributed by atoms with Gasteiger partial charge in [0, 0.05) is 5.75 Å². The van der Waals surface area contributed by atoms with E-state index in [1.54, 1.807) is 37.3 Å². The van der Waals surface area contributed by atoms with Crippen molar-refractivity contribution in [2.75, 3.05) is 5.75 Å². The number of thioether (sulfide) groups is 1. The van der Waals surface area contributed by atoms with Crippen LogP contribution in [0, 0.1) is 0 Å². The molecule has 260 valence electrons. The Morgan fingerprint density at radius 1 is 0.635 bits per heavy atom. The van der Waals surface area contributed by atoms with E-state index in [-0.39, 0.29) is 5.70 Å². The molecular formula is C43H36N2O6S. The van der Waals surface area contributed by atoms with Gasteiger partial charge in [-0.1, -0.05) is 152 Å². The van der Waals surface area contributed by atoms with Crippen molar-refractivity contribution in [3.63, 3.8) is 0 Å². The fraction of sp³-hybridized carbons (Fsp3) is 0.163. The zero-order chi connectivity index (χ0) is 36.0. The lowest BCUT2D eigenvalue weighted by Crippen LogP contribution is -2.71. The van der Waals surface area contributed by atoms with Crippen molar-refractivity contribution >= 4 is 35.5 Å². The van der Waals surface area contributed by atoms with Gasteiger partial charge < -0.3 is 14.8 Å². The Morgan fingerprint density at radius 2 is 1.04 bits per heavy atom. The average molecular weight is 709 g/mol. The van der Waals surface area contributed by atoms with Crippen molar-refractivity contribution < 1.29 is 28.7 Å². The van der Waals surface area contributed by atoms with Gasteiger partial charge in [0.2, 0.25) is 5.91 Å². The number of rotatable bonds is 11. The summed E-state index contributed by atoms with van der Waals surface area (Å²) in [5, 5.41) is 2.27. The maximum atomic E-state index is 14.1. The lowest BCUT2D eigenvalue weighted by atomic mass is 9.95. The molecule has 0 aromatic heterocycles. The van der Waals surface area contributed by atoms with Crippen LogP contribution < -0.4 is 5.32 Å². The molecular weight excluding hydrogens is 673 g/mol. The fourth-order valence-electron chi connectivity index (χ4n) is 6.55. The summed E-state index contributed by atoms with van der Waals surface area (Å²) in [4.78, 5) is 57.3. The van der Waals surface area contributed by atoms with Crippen molar-refractivity contribution in [2.45, 2.75) is 36.5 Å². The summed E-state index contributed by atoms with van der Waals surface area (Å²) in [6.45, 7) is 1.80. The lowest BCUT2D eigenvalue weighted by molar-refractivity contribution is -0.156. The molecule has 9 heteroatoms. The molecule has 2 aliphatic heterocycles. The number of benzene rings is 5. The number of ether oxygens (including phenoxy) is 2. The Kier molecular flexibility index (Phi) is 10.3. The smallest absolute Gasteiger partial charge is 0.356 e. The largest absolute Gasteiger partial charge is 0.452 e. The topological polar surface area (TPSA) is 102 Å². The second kappa shape index (κ2) is 15.5. The summed E-state index contributed by atoms with van der Waals surface area (Å²) in [6.07, 6.45) is -1.45. The summed E-state index contributed by atoms with van der Waals surface area (Å²) in [5.74, 6) is -3.41. The lowest BCUT2D eigenvalue weighted by Gasteiger charge is -2.49. The van der Waals surface area contributed by atoms with Gasteiger partial charge in [-0.2, -0.15) is 0 Å². The van der Waals surface area contributed by atoms with Gasteiger partial charge in [-0.3, -0.25) is 19.3 Å². The Morgan fingerprint density at radius 3 is 1.48 bits per heavy atom. The summed E-state index contributed by atoms with van der Waals surface area (Å²) < 4.78 is 12.3. The predicted molar refractivity (Wildman–Crippen MR) is 199 cm³/mol. The van der Waals surface area contributed by atoms with Crippen LogP contribution in [0.3, 0.4) is 0 Å². The number of β-lactam (4-membered cyclic amide) rings is 1. The molecule has 1 fully saturated rings. The first-order valence-corrected chi connectivity index (χ1v) is 18.1. The second-order valence-electron chi connectivity index (χ2n) is 12.6. The molecule has 0 spiro atoms. The van der Waals surface area contributed by atoms with Crippen LogP contribution in [0.2, 0.25) is 0 Å². The standard InChI is InChI=1S/C43H36N2O6S/c1-28-27-52-41-35(40(47)45(41)36(28)43(49)51-38(32-23-13-5-14-24-32)33-25-15-6-16-26-33)44-39(46)34(29-17-7-2-8-18-29)42(48)50-37(30-19-9-3-10-20-30)31-21-11-4-12-22-31/h2-26,34-35,37-38,41H,27H2,1H3,(H,44,46)/t34?,35?,41-/m1/s1. The average Bonchev–Trinajstić information content (AvgIpc) is 3.19. The molecule has 5 aromatic carbocycles. The third-order valence-corrected chi connectivity index (χ3v) is 10.6. The van der Waals surface area contributed by atoms with E-state index < -0.39 is 53.3 Å². The molecule has 8 nitrogen and oxygen atoms in total. The number of hydrogen-bond donors (Lipinski definition) is 1. The molecule has 2 heterocycles. The van der Waals surface area contributed by atoms with E-state index in [9.17, 15) is 19.2 Å². The first-order valence-electron chi connectivity index (χ1n) is 17.0. The normalized spacial score (nSPS) is 17.2. The van der Waals surface area contributed by atoms with E-state index in [0.29, 0.717) is 16.9 Å². The summed E-state index contributed by atoms with van der Waals surface area (Å²) in [5.41, 5.74) is 4.39. The minimum absolute atomic E-state index is 0.170. The van der Waals surface area contributed by atoms with Crippen molar-refractivity contribution in [3.05, 3.63) is 191 Å². The quantitative estimate of drug-likeness (QED) is 0.0887. The van der Waals surface area contributed by atoms with Gasteiger partial charge in [0.25, 0.3) is 5.91 Å². The molecule has 2 aliphatic rings. The third kappa shape index (κ3) is 7.13. The summed E-state index contributed by atoms with van der Waals surface area (Å²) >= 11 is 1.44. The van der Waals surface area contributed by atoms with Gasteiger partial charge in [0.1, 0.15) is 17.1 Å². The van der Waals surface area contributed by atoms with Crippen molar-refractivity contribution in [1.82, 2.24) is 10.2 Å². The highest BCUT2D eigenvalue weighted by atomic mass is 32.2. The van der Waals surface area contributed by atoms with Crippen LogP contribution in [-0.4, -0.2) is 45.8 Å². The predicted octanol–water partition coefficient (Wildman–Crippen LogP) is 7.11. The number of nitrogens with zero attached hydrogens (tertiary/aromatic N) is 1. The molecule has 2 unspecified atom stereocenters. The molecule has 3 atom stereocenters. The van der Waals surface area contributed by atoms with Crippen molar-refractivity contribution in [2.24, 2.45) is 0 Å². The van der Waals surface area contributed by atoms with Crippen molar-refractivity contribution in [3.8, 4) is 0 Å². The molecule has 0 radical (unpaired) electrons. The molecule has 52 heavy (non-hydrogen) atoms. The molecule has 5 aromatic rings. The van der Waals surface area contributed by atoms with Crippen LogP contribution in [0.25, 0.3) is 0 Å². The van der Waals surface area contributed by atoms with Gasteiger partial charge in [-0.15, -0.1) is 11.8 Å². The van der Waals surface area contributed by atoms with E-state index in [2.05, 4.69) is 5.32 Å². The second-order valence-corrected chi connectivity index (χ2v) is 13.7. The summed E-state index contributed by atoms with van der Waals surface area (Å²) in [7, 11) is 0. The Bertz CT molecular complexity index is 2000. The highest BCUT2D eigenvalue weighted by Gasteiger charge is 2.55. The number of hydrogen-bond acceptors (Lipinski definition) is 7. The number of carbonyl (C=O) groups excluding carboxylic acids is 4. The number of fused-ring (bicyclic) bond motifs is 1. The molecule has 1 saturated heterocycles. The molecule has 1 N–H and O–H groups in total. The van der Waals surface area contributed by atoms with E-state index in [1.165, 1.54) is 16.7 Å². The molecule has 0 bridgehead atoms. The first kappa shape index (κ1) is 34.5. The molecule has 2 amide bonds. The highest BCUT2D eigenvalue weighted by molar-refractivity contribution is 8.00. The van der Waals surface area contributed by atoms with Crippen LogP contribution in [0.1, 0.15) is 52.9 Å². The van der Waals surface area contributed by atoms with Crippen LogP contribution in [0.4, 0.5) is 0 Å². The van der Waals surface area contributed by atoms with Crippen LogP contribution in [0.5, 0.6) is 0 Å². The van der Waals surface area contributed by atoms with E-state index >= 15 is 0 Å². The van der Waals surface area contributed by atoms with Gasteiger partial charge in [-0.05, 0) is 40.3 Å². The Hall–Kier alpha value is -5.93. The van der Waals surface area contributed by atoms with Crippen LogP contribution in [0.15, 0.2) is 163 Å². The molecule has 7 rings (SSSR count). The number of amides is 2.